The Morgan fingerprint density at radius 1 is 1.30 bits per heavy atom. The molecular weight excluding hydrogens is 374 g/mol. The first-order chi connectivity index (χ1) is 8.95. The zero-order chi connectivity index (χ0) is 15.7. The van der Waals surface area contributed by atoms with Gasteiger partial charge in [0.25, 0.3) is 0 Å². The molecule has 2 N–H and O–H groups in total. The van der Waals surface area contributed by atoms with Crippen molar-refractivity contribution in [1.82, 2.24) is 4.72 Å². The van der Waals surface area contributed by atoms with Crippen LogP contribution in [0, 0.1) is 0 Å². The number of sulfone groups is 1. The molecule has 0 spiro atoms. The van der Waals surface area contributed by atoms with Crippen LogP contribution in [0.3, 0.4) is 0 Å². The maximum atomic E-state index is 12.0. The topological polar surface area (TPSA) is 118 Å². The van der Waals surface area contributed by atoms with E-state index in [0.29, 0.717) is 0 Å². The number of sulfonamides is 1. The lowest BCUT2D eigenvalue weighted by molar-refractivity contribution is -0.138. The van der Waals surface area contributed by atoms with Gasteiger partial charge >= 0.3 is 5.97 Å². The van der Waals surface area contributed by atoms with Crippen molar-refractivity contribution in [1.29, 1.82) is 0 Å². The van der Waals surface area contributed by atoms with Gasteiger partial charge in [-0.15, -0.1) is 0 Å². The Morgan fingerprint density at radius 2 is 1.85 bits per heavy atom. The number of aliphatic carboxylic acids is 1. The van der Waals surface area contributed by atoms with Gasteiger partial charge in [-0.25, -0.2) is 16.8 Å². The summed E-state index contributed by atoms with van der Waals surface area (Å²) in [5, 5.41) is 8.69. The van der Waals surface area contributed by atoms with Crippen LogP contribution in [0.4, 0.5) is 0 Å². The van der Waals surface area contributed by atoms with Crippen molar-refractivity contribution in [2.24, 2.45) is 0 Å². The van der Waals surface area contributed by atoms with E-state index in [2.05, 4.69) is 15.9 Å². The average Bonchev–Trinajstić information content (AvgIpc) is 2.26. The van der Waals surface area contributed by atoms with Crippen molar-refractivity contribution in [3.05, 3.63) is 22.7 Å². The number of halogens is 1. The quantitative estimate of drug-likeness (QED) is 0.766. The molecule has 1 aromatic carbocycles. The van der Waals surface area contributed by atoms with Gasteiger partial charge in [-0.05, 0) is 41.1 Å². The summed E-state index contributed by atoms with van der Waals surface area (Å²) < 4.78 is 48.6. The van der Waals surface area contributed by atoms with Gasteiger partial charge in [0.15, 0.2) is 9.84 Å². The standard InChI is InChI=1S/C10H12BrNO6S2/c1-6(10(13)14)12-20(17,18)9-4-3-7(5-8(9)11)19(2,15)16/h3-6,12H,1-2H3,(H,13,14)/t6-/m1/s1. The van der Waals surface area contributed by atoms with E-state index in [1.54, 1.807) is 0 Å². The van der Waals surface area contributed by atoms with E-state index in [1.165, 1.54) is 6.92 Å². The highest BCUT2D eigenvalue weighted by atomic mass is 79.9. The molecule has 1 atom stereocenters. The minimum atomic E-state index is -4.07. The van der Waals surface area contributed by atoms with Crippen molar-refractivity contribution in [3.63, 3.8) is 0 Å². The number of benzene rings is 1. The highest BCUT2D eigenvalue weighted by molar-refractivity contribution is 9.10. The van der Waals surface area contributed by atoms with Crippen LogP contribution >= 0.6 is 15.9 Å². The monoisotopic (exact) mass is 385 g/mol. The molecule has 0 saturated carbocycles. The molecule has 0 bridgehead atoms. The molecule has 0 fully saturated rings. The maximum Gasteiger partial charge on any atom is 0.321 e. The van der Waals surface area contributed by atoms with Gasteiger partial charge in [-0.1, -0.05) is 0 Å². The van der Waals surface area contributed by atoms with Crippen LogP contribution in [-0.2, 0) is 24.7 Å². The van der Waals surface area contributed by atoms with Crippen molar-refractivity contribution >= 4 is 41.8 Å². The lowest BCUT2D eigenvalue weighted by Crippen LogP contribution is -2.38. The SMILES string of the molecule is C[C@@H](NS(=O)(=O)c1ccc(S(C)(=O)=O)cc1Br)C(=O)O. The Kier molecular flexibility index (Phi) is 4.95. The predicted octanol–water partition coefficient (Wildman–Crippen LogP) is 0.604. The third-order valence-electron chi connectivity index (χ3n) is 2.32. The highest BCUT2D eigenvalue weighted by Crippen LogP contribution is 2.25. The highest BCUT2D eigenvalue weighted by Gasteiger charge is 2.24. The number of carboxylic acids is 1. The zero-order valence-corrected chi connectivity index (χ0v) is 13.7. The second-order valence-corrected chi connectivity index (χ2v) is 8.60. The molecule has 7 nitrogen and oxygen atoms in total. The molecule has 0 aliphatic heterocycles. The van der Waals surface area contributed by atoms with Crippen LogP contribution in [0.2, 0.25) is 0 Å². The lowest BCUT2D eigenvalue weighted by Gasteiger charge is -2.12. The number of carbonyl (C=O) groups is 1. The molecule has 1 rings (SSSR count). The molecule has 20 heavy (non-hydrogen) atoms. The third-order valence-corrected chi connectivity index (χ3v) is 5.95. The van der Waals surface area contributed by atoms with Gasteiger partial charge in [0.1, 0.15) is 6.04 Å². The summed E-state index contributed by atoms with van der Waals surface area (Å²) in [6.45, 7) is 1.18. The van der Waals surface area contributed by atoms with E-state index in [4.69, 9.17) is 5.11 Å². The van der Waals surface area contributed by atoms with E-state index in [9.17, 15) is 21.6 Å². The second-order valence-electron chi connectivity index (χ2n) is 4.05. The minimum Gasteiger partial charge on any atom is -0.480 e. The molecule has 0 saturated heterocycles. The molecule has 0 radical (unpaired) electrons. The number of hydrogen-bond acceptors (Lipinski definition) is 5. The van der Waals surface area contributed by atoms with Crippen LogP contribution in [0.15, 0.2) is 32.5 Å². The van der Waals surface area contributed by atoms with Gasteiger partial charge in [0.05, 0.1) is 9.79 Å². The average molecular weight is 386 g/mol. The van der Waals surface area contributed by atoms with Gasteiger partial charge in [-0.2, -0.15) is 4.72 Å². The molecular formula is C10H12BrNO6S2. The Hall–Kier alpha value is -0.970. The molecule has 0 aliphatic rings. The van der Waals surface area contributed by atoms with Gasteiger partial charge < -0.3 is 5.11 Å². The smallest absolute Gasteiger partial charge is 0.321 e. The first-order valence-corrected chi connectivity index (χ1v) is 9.36. The fraction of sp³-hybridized carbons (Fsp3) is 0.300. The molecule has 10 heteroatoms. The van der Waals surface area contributed by atoms with Crippen molar-refractivity contribution in [2.75, 3.05) is 6.26 Å². The van der Waals surface area contributed by atoms with Crippen LogP contribution in [0.1, 0.15) is 6.92 Å². The summed E-state index contributed by atoms with van der Waals surface area (Å²) in [5.74, 6) is -1.32. The molecule has 0 aromatic heterocycles. The van der Waals surface area contributed by atoms with Crippen LogP contribution < -0.4 is 4.72 Å². The third kappa shape index (κ3) is 4.01. The summed E-state index contributed by atoms with van der Waals surface area (Å²) in [6, 6.07) is 2.08. The van der Waals surface area contributed by atoms with Crippen molar-refractivity contribution < 1.29 is 26.7 Å². The zero-order valence-electron chi connectivity index (χ0n) is 10.5. The predicted molar refractivity (Wildman–Crippen MR) is 74.7 cm³/mol. The number of hydrogen-bond donors (Lipinski definition) is 2. The molecule has 0 amide bonds. The fourth-order valence-corrected chi connectivity index (χ4v) is 4.35. The Bertz CT molecular complexity index is 741. The normalized spacial score (nSPS) is 13.9. The first-order valence-electron chi connectivity index (χ1n) is 5.20. The van der Waals surface area contributed by atoms with E-state index in [1.807, 2.05) is 4.72 Å². The molecule has 0 unspecified atom stereocenters. The molecule has 112 valence electrons. The van der Waals surface area contributed by atoms with Gasteiger partial charge in [-0.3, -0.25) is 4.79 Å². The molecule has 0 heterocycles. The Morgan fingerprint density at radius 3 is 2.25 bits per heavy atom. The first kappa shape index (κ1) is 17.1. The summed E-state index contributed by atoms with van der Waals surface area (Å²) in [5.41, 5.74) is 0. The molecule has 1 aromatic rings. The van der Waals surface area contributed by atoms with Crippen molar-refractivity contribution in [3.8, 4) is 0 Å². The number of nitrogens with one attached hydrogen (secondary N) is 1. The largest absolute Gasteiger partial charge is 0.480 e. The van der Waals surface area contributed by atoms with Crippen LogP contribution in [0.5, 0.6) is 0 Å². The summed E-state index contributed by atoms with van der Waals surface area (Å²) in [4.78, 5) is 10.4. The van der Waals surface area contributed by atoms with Crippen molar-refractivity contribution in [2.45, 2.75) is 22.8 Å². The summed E-state index contributed by atoms with van der Waals surface area (Å²) in [6.07, 6.45) is 0.994. The van der Waals surface area contributed by atoms with Crippen LogP contribution in [-0.4, -0.2) is 40.2 Å². The summed E-state index contributed by atoms with van der Waals surface area (Å²) >= 11 is 2.97. The van der Waals surface area contributed by atoms with Gasteiger partial charge in [0, 0.05) is 10.7 Å². The fourth-order valence-electron chi connectivity index (χ4n) is 1.28. The number of rotatable bonds is 5. The second kappa shape index (κ2) is 5.80. The Labute approximate surface area is 125 Å². The molecule has 0 aliphatic carbocycles. The summed E-state index contributed by atoms with van der Waals surface area (Å²) in [7, 11) is -7.53. The number of carboxylic acid groups (broad SMARTS) is 1. The van der Waals surface area contributed by atoms with E-state index >= 15 is 0 Å². The minimum absolute atomic E-state index is 0.0329. The van der Waals surface area contributed by atoms with Gasteiger partial charge in [0.2, 0.25) is 10.0 Å². The Balaban J connectivity index is 3.25. The van der Waals surface area contributed by atoms with Crippen LogP contribution in [0.25, 0.3) is 0 Å². The van der Waals surface area contributed by atoms with E-state index < -0.39 is 31.9 Å². The lowest BCUT2D eigenvalue weighted by atomic mass is 10.4. The van der Waals surface area contributed by atoms with E-state index in [0.717, 1.165) is 24.5 Å². The van der Waals surface area contributed by atoms with E-state index in [-0.39, 0.29) is 14.3 Å². The maximum absolute atomic E-state index is 12.0.